The van der Waals surface area contributed by atoms with Crippen LogP contribution in [-0.4, -0.2) is 0 Å². The topological polar surface area (TPSA) is 3.24 Å². The van der Waals surface area contributed by atoms with Crippen LogP contribution in [0.3, 0.4) is 0 Å². The Morgan fingerprint density at radius 3 is 1.79 bits per heavy atom. The van der Waals surface area contributed by atoms with Gasteiger partial charge in [-0.05, 0) is 144 Å². The zero-order chi connectivity index (χ0) is 42.1. The molecule has 1 nitrogen and oxygen atoms in total. The Morgan fingerprint density at radius 2 is 1.00 bits per heavy atom. The highest BCUT2D eigenvalue weighted by Crippen LogP contribution is 2.57. The Labute approximate surface area is 368 Å². The highest BCUT2D eigenvalue weighted by atomic mass is 15.1. The third kappa shape index (κ3) is 5.27. The molecule has 1 heteroatoms. The SMILES string of the molecule is CC1(C)c2ccccc2-c2cc(N(c3ccc4c(c3)C(C)(C)c3ccccc3-4)c3ccc4ccccc4c3-c3ccc4c(c3)C(C)(C)c3c-4cccc3C3CCCCC3)ccc21. The summed E-state index contributed by atoms with van der Waals surface area (Å²) in [5, 5.41) is 2.52. The molecule has 62 heavy (non-hydrogen) atoms. The van der Waals surface area contributed by atoms with Crippen molar-refractivity contribution in [2.45, 2.75) is 95.8 Å². The Kier molecular flexibility index (Phi) is 8.13. The second kappa shape index (κ2) is 13.4. The van der Waals surface area contributed by atoms with Gasteiger partial charge in [0.15, 0.2) is 0 Å². The van der Waals surface area contributed by atoms with Crippen LogP contribution in [0.1, 0.15) is 119 Å². The zero-order valence-corrected chi connectivity index (χ0v) is 37.1. The summed E-state index contributed by atoms with van der Waals surface area (Å²) in [6.45, 7) is 14.5. The van der Waals surface area contributed by atoms with Crippen LogP contribution in [0.5, 0.6) is 0 Å². The molecule has 0 spiro atoms. The highest BCUT2D eigenvalue weighted by Gasteiger charge is 2.41. The van der Waals surface area contributed by atoms with Gasteiger partial charge in [0.25, 0.3) is 0 Å². The average molecular weight is 802 g/mol. The van der Waals surface area contributed by atoms with Crippen molar-refractivity contribution in [2.24, 2.45) is 0 Å². The van der Waals surface area contributed by atoms with Gasteiger partial charge in [-0.2, -0.15) is 0 Å². The summed E-state index contributed by atoms with van der Waals surface area (Å²) >= 11 is 0. The summed E-state index contributed by atoms with van der Waals surface area (Å²) in [7, 11) is 0. The predicted octanol–water partition coefficient (Wildman–Crippen LogP) is 16.9. The van der Waals surface area contributed by atoms with Gasteiger partial charge in [-0.15, -0.1) is 0 Å². The lowest BCUT2D eigenvalue weighted by Crippen LogP contribution is -2.19. The molecular formula is C61H55N. The van der Waals surface area contributed by atoms with Crippen LogP contribution in [0.15, 0.2) is 158 Å². The predicted molar refractivity (Wildman–Crippen MR) is 263 cm³/mol. The van der Waals surface area contributed by atoms with Gasteiger partial charge in [0, 0.05) is 33.2 Å². The van der Waals surface area contributed by atoms with Gasteiger partial charge < -0.3 is 4.90 Å². The van der Waals surface area contributed by atoms with E-state index in [2.05, 4.69) is 204 Å². The molecule has 4 aliphatic rings. The molecule has 0 bridgehead atoms. The summed E-state index contributed by atoms with van der Waals surface area (Å²) in [5.41, 5.74) is 24.1. The van der Waals surface area contributed by atoms with E-state index in [1.807, 2.05) is 0 Å². The number of anilines is 3. The maximum atomic E-state index is 2.57. The van der Waals surface area contributed by atoms with E-state index >= 15 is 0 Å². The molecule has 8 aromatic rings. The Balaban J connectivity index is 1.09. The molecule has 4 aliphatic carbocycles. The van der Waals surface area contributed by atoms with E-state index in [1.165, 1.54) is 132 Å². The lowest BCUT2D eigenvalue weighted by molar-refractivity contribution is 0.438. The standard InChI is InChI=1S/C61H55N/c1-59(2)52-26-15-13-22-46(52)50-36-41(30-33-53(50)59)62(42-29-32-47-45-21-12-14-25-51(45)60(3,4)55(47)37-42)56-34-28-39-19-10-11-20-43(39)57(56)40-27-31-48-49-24-16-23-44(38-17-8-7-9-18-38)58(49)61(5,6)54(48)35-40/h10-16,19-38H,7-9,17-18H2,1-6H3. The van der Waals surface area contributed by atoms with Crippen LogP contribution in [-0.2, 0) is 16.2 Å². The molecule has 8 aromatic carbocycles. The van der Waals surface area contributed by atoms with Crippen LogP contribution >= 0.6 is 0 Å². The first-order valence-corrected chi connectivity index (χ1v) is 23.1. The van der Waals surface area contributed by atoms with Crippen molar-refractivity contribution in [1.82, 2.24) is 0 Å². The first-order chi connectivity index (χ1) is 30.0. The lowest BCUT2D eigenvalue weighted by Gasteiger charge is -2.32. The van der Waals surface area contributed by atoms with Gasteiger partial charge in [0.1, 0.15) is 0 Å². The quantitative estimate of drug-likeness (QED) is 0.168. The van der Waals surface area contributed by atoms with Gasteiger partial charge in [0.2, 0.25) is 0 Å². The number of nitrogens with zero attached hydrogens (tertiary/aromatic N) is 1. The zero-order valence-electron chi connectivity index (χ0n) is 37.1. The highest BCUT2D eigenvalue weighted by molar-refractivity contribution is 6.06. The molecule has 1 saturated carbocycles. The van der Waals surface area contributed by atoms with Crippen molar-refractivity contribution in [3.05, 3.63) is 197 Å². The molecule has 12 rings (SSSR count). The van der Waals surface area contributed by atoms with E-state index in [1.54, 1.807) is 11.1 Å². The molecule has 0 aliphatic heterocycles. The number of rotatable bonds is 5. The fraction of sp³-hybridized carbons (Fsp3) is 0.246. The third-order valence-electron chi connectivity index (χ3n) is 15.8. The maximum Gasteiger partial charge on any atom is 0.0546 e. The molecule has 0 saturated heterocycles. The summed E-state index contributed by atoms with van der Waals surface area (Å²) < 4.78 is 0. The van der Waals surface area contributed by atoms with E-state index in [4.69, 9.17) is 0 Å². The number of fused-ring (bicyclic) bond motifs is 10. The van der Waals surface area contributed by atoms with E-state index in [-0.39, 0.29) is 16.2 Å². The fourth-order valence-electron chi connectivity index (χ4n) is 12.7. The van der Waals surface area contributed by atoms with Crippen molar-refractivity contribution < 1.29 is 0 Å². The van der Waals surface area contributed by atoms with Crippen LogP contribution in [0.2, 0.25) is 0 Å². The molecule has 0 amide bonds. The average Bonchev–Trinajstić information content (AvgIpc) is 3.78. The number of benzene rings is 8. The normalized spacial score (nSPS) is 17.2. The minimum atomic E-state index is -0.127. The van der Waals surface area contributed by atoms with Gasteiger partial charge in [-0.3, -0.25) is 0 Å². The van der Waals surface area contributed by atoms with Gasteiger partial charge in [-0.1, -0.05) is 182 Å². The van der Waals surface area contributed by atoms with Crippen LogP contribution in [0.25, 0.3) is 55.3 Å². The summed E-state index contributed by atoms with van der Waals surface area (Å²) in [6.07, 6.45) is 6.67. The molecule has 0 heterocycles. The Hall–Kier alpha value is -6.18. The Morgan fingerprint density at radius 1 is 0.419 bits per heavy atom. The molecule has 0 radical (unpaired) electrons. The fourth-order valence-corrected chi connectivity index (χ4v) is 12.7. The molecule has 0 aromatic heterocycles. The monoisotopic (exact) mass is 801 g/mol. The van der Waals surface area contributed by atoms with E-state index in [0.29, 0.717) is 5.92 Å². The van der Waals surface area contributed by atoms with Gasteiger partial charge in [-0.25, -0.2) is 0 Å². The molecule has 304 valence electrons. The minimum Gasteiger partial charge on any atom is -0.310 e. The van der Waals surface area contributed by atoms with Crippen molar-refractivity contribution in [1.29, 1.82) is 0 Å². The van der Waals surface area contributed by atoms with Gasteiger partial charge >= 0.3 is 0 Å². The van der Waals surface area contributed by atoms with Crippen molar-refractivity contribution in [3.63, 3.8) is 0 Å². The van der Waals surface area contributed by atoms with E-state index < -0.39 is 0 Å². The lowest BCUT2D eigenvalue weighted by atomic mass is 9.74. The van der Waals surface area contributed by atoms with Crippen molar-refractivity contribution in [2.75, 3.05) is 4.90 Å². The molecule has 1 fully saturated rings. The number of hydrogen-bond acceptors (Lipinski definition) is 1. The minimum absolute atomic E-state index is 0.0710. The summed E-state index contributed by atoms with van der Waals surface area (Å²) in [6, 6.07) is 60.9. The van der Waals surface area contributed by atoms with Crippen LogP contribution < -0.4 is 4.90 Å². The molecule has 0 unspecified atom stereocenters. The van der Waals surface area contributed by atoms with Crippen molar-refractivity contribution in [3.8, 4) is 44.5 Å². The molecule has 0 atom stereocenters. The maximum absolute atomic E-state index is 2.57. The van der Waals surface area contributed by atoms with Crippen LogP contribution in [0.4, 0.5) is 17.1 Å². The van der Waals surface area contributed by atoms with Crippen molar-refractivity contribution >= 4 is 27.8 Å². The van der Waals surface area contributed by atoms with E-state index in [9.17, 15) is 0 Å². The van der Waals surface area contributed by atoms with E-state index in [0.717, 1.165) is 0 Å². The second-order valence-electron chi connectivity index (χ2n) is 20.3. The number of hydrogen-bond donors (Lipinski definition) is 0. The summed E-state index contributed by atoms with van der Waals surface area (Å²) in [5.74, 6) is 0.653. The third-order valence-corrected chi connectivity index (χ3v) is 15.8. The molecular weight excluding hydrogens is 747 g/mol. The summed E-state index contributed by atoms with van der Waals surface area (Å²) in [4.78, 5) is 2.57. The van der Waals surface area contributed by atoms with Gasteiger partial charge in [0.05, 0.1) is 5.69 Å². The molecule has 0 N–H and O–H groups in total. The Bertz CT molecular complexity index is 3150. The smallest absolute Gasteiger partial charge is 0.0546 e. The van der Waals surface area contributed by atoms with Crippen LogP contribution in [0, 0.1) is 0 Å². The second-order valence-corrected chi connectivity index (χ2v) is 20.3. The largest absolute Gasteiger partial charge is 0.310 e. The first-order valence-electron chi connectivity index (χ1n) is 23.1. The first kappa shape index (κ1) is 37.6.